The van der Waals surface area contributed by atoms with Crippen LogP contribution in [0.1, 0.15) is 66.8 Å². The number of rotatable bonds is 3. The number of fused-ring (bicyclic) bond motifs is 1. The van der Waals surface area contributed by atoms with Crippen LogP contribution in [-0.2, 0) is 0 Å². The summed E-state index contributed by atoms with van der Waals surface area (Å²) in [6.45, 7) is 0. The lowest BCUT2D eigenvalue weighted by atomic mass is 9.84. The molecular formula is C25H26O3. The smallest absolute Gasteiger partial charge is 0.335 e. The highest BCUT2D eigenvalue weighted by Gasteiger charge is 2.18. The van der Waals surface area contributed by atoms with Gasteiger partial charge in [-0.05, 0) is 76.6 Å². The van der Waals surface area contributed by atoms with Crippen molar-refractivity contribution >= 4 is 16.7 Å². The highest BCUT2D eigenvalue weighted by Crippen LogP contribution is 2.38. The second-order valence-electron chi connectivity index (χ2n) is 7.90. The molecule has 0 unspecified atom stereocenters. The van der Waals surface area contributed by atoms with E-state index in [1.807, 2.05) is 30.3 Å². The first-order valence-corrected chi connectivity index (χ1v) is 10.2. The largest absolute Gasteiger partial charge is 0.508 e. The molecule has 1 aliphatic carbocycles. The van der Waals surface area contributed by atoms with E-state index in [1.54, 1.807) is 12.1 Å². The summed E-state index contributed by atoms with van der Waals surface area (Å²) < 4.78 is 0. The molecule has 3 nitrogen and oxygen atoms in total. The minimum atomic E-state index is -0.909. The highest BCUT2D eigenvalue weighted by molar-refractivity contribution is 5.95. The lowest BCUT2D eigenvalue weighted by molar-refractivity contribution is 0.0697. The Balaban J connectivity index is 1.68. The van der Waals surface area contributed by atoms with Crippen LogP contribution >= 0.6 is 0 Å². The SMILES string of the molecule is O=C(O)c1ccc2cc(-c3ccc(O)c(C4CCCCCCC4)c3)ccc2c1. The van der Waals surface area contributed by atoms with Crippen LogP contribution in [0.5, 0.6) is 5.75 Å². The summed E-state index contributed by atoms with van der Waals surface area (Å²) in [6, 6.07) is 17.2. The molecular weight excluding hydrogens is 348 g/mol. The number of benzene rings is 3. The number of carboxylic acids is 1. The Bertz CT molecular complexity index is 998. The van der Waals surface area contributed by atoms with E-state index in [9.17, 15) is 15.0 Å². The van der Waals surface area contributed by atoms with E-state index >= 15 is 0 Å². The molecule has 144 valence electrons. The van der Waals surface area contributed by atoms with Gasteiger partial charge in [-0.15, -0.1) is 0 Å². The Morgan fingerprint density at radius 1 is 0.750 bits per heavy atom. The van der Waals surface area contributed by atoms with Crippen molar-refractivity contribution in [3.63, 3.8) is 0 Å². The van der Waals surface area contributed by atoms with Crippen molar-refractivity contribution in [1.29, 1.82) is 0 Å². The van der Waals surface area contributed by atoms with Gasteiger partial charge in [-0.2, -0.15) is 0 Å². The predicted octanol–water partition coefficient (Wildman–Crippen LogP) is 6.74. The van der Waals surface area contributed by atoms with E-state index < -0.39 is 5.97 Å². The molecule has 3 heteroatoms. The van der Waals surface area contributed by atoms with Crippen molar-refractivity contribution in [3.8, 4) is 16.9 Å². The van der Waals surface area contributed by atoms with Crippen molar-refractivity contribution in [2.24, 2.45) is 0 Å². The number of phenols is 1. The van der Waals surface area contributed by atoms with Crippen molar-refractivity contribution in [2.75, 3.05) is 0 Å². The number of phenolic OH excluding ortho intramolecular Hbond substituents is 1. The Labute approximate surface area is 165 Å². The molecule has 0 atom stereocenters. The molecule has 0 saturated heterocycles. The van der Waals surface area contributed by atoms with Crippen molar-refractivity contribution in [1.82, 2.24) is 0 Å². The van der Waals surface area contributed by atoms with Crippen molar-refractivity contribution < 1.29 is 15.0 Å². The Hall–Kier alpha value is -2.81. The monoisotopic (exact) mass is 374 g/mol. The maximum absolute atomic E-state index is 11.2. The quantitative estimate of drug-likeness (QED) is 0.534. The van der Waals surface area contributed by atoms with Gasteiger partial charge >= 0.3 is 5.97 Å². The Morgan fingerprint density at radius 3 is 2.11 bits per heavy atom. The van der Waals surface area contributed by atoms with Gasteiger partial charge in [0.25, 0.3) is 0 Å². The maximum atomic E-state index is 11.2. The molecule has 0 heterocycles. The van der Waals surface area contributed by atoms with Gasteiger partial charge < -0.3 is 10.2 Å². The topological polar surface area (TPSA) is 57.5 Å². The van der Waals surface area contributed by atoms with Gasteiger partial charge in [-0.1, -0.05) is 56.4 Å². The van der Waals surface area contributed by atoms with Crippen LogP contribution in [0.25, 0.3) is 21.9 Å². The summed E-state index contributed by atoms with van der Waals surface area (Å²) >= 11 is 0. The molecule has 3 aromatic carbocycles. The first-order chi connectivity index (χ1) is 13.6. The minimum Gasteiger partial charge on any atom is -0.508 e. The fraction of sp³-hybridized carbons (Fsp3) is 0.320. The van der Waals surface area contributed by atoms with Gasteiger partial charge in [-0.3, -0.25) is 0 Å². The molecule has 0 amide bonds. The predicted molar refractivity (Wildman–Crippen MR) is 113 cm³/mol. The maximum Gasteiger partial charge on any atom is 0.335 e. The second-order valence-corrected chi connectivity index (χ2v) is 7.90. The zero-order valence-corrected chi connectivity index (χ0v) is 16.0. The van der Waals surface area contributed by atoms with Crippen LogP contribution in [0.2, 0.25) is 0 Å². The van der Waals surface area contributed by atoms with Gasteiger partial charge in [0.15, 0.2) is 0 Å². The average Bonchev–Trinajstić information content (AvgIpc) is 2.68. The molecule has 0 radical (unpaired) electrons. The molecule has 0 aliphatic heterocycles. The van der Waals surface area contributed by atoms with E-state index in [1.165, 1.54) is 32.1 Å². The normalized spacial score (nSPS) is 15.9. The Kier molecular flexibility index (Phi) is 5.34. The molecule has 1 fully saturated rings. The van der Waals surface area contributed by atoms with Gasteiger partial charge in [0.1, 0.15) is 5.75 Å². The number of hydrogen-bond acceptors (Lipinski definition) is 2. The van der Waals surface area contributed by atoms with Crippen molar-refractivity contribution in [3.05, 3.63) is 65.7 Å². The summed E-state index contributed by atoms with van der Waals surface area (Å²) in [5.74, 6) is -0.0756. The third-order valence-electron chi connectivity index (χ3n) is 5.99. The standard InChI is InChI=1S/C25H26O3/c26-24-13-12-21(16-23(24)17-6-4-2-1-3-5-7-17)19-8-9-20-15-22(25(27)28)11-10-18(20)14-19/h8-17,26H,1-7H2,(H,27,28). The van der Waals surface area contributed by atoms with Crippen molar-refractivity contribution in [2.45, 2.75) is 50.9 Å². The van der Waals surface area contributed by atoms with E-state index in [0.717, 1.165) is 40.3 Å². The van der Waals surface area contributed by atoms with Gasteiger partial charge in [0, 0.05) is 0 Å². The molecule has 3 aromatic rings. The first kappa shape index (κ1) is 18.5. The molecule has 2 N–H and O–H groups in total. The molecule has 0 spiro atoms. The van der Waals surface area contributed by atoms with Crippen LogP contribution in [-0.4, -0.2) is 16.2 Å². The number of carboxylic acid groups (broad SMARTS) is 1. The summed E-state index contributed by atoms with van der Waals surface area (Å²) in [6.07, 6.45) is 8.67. The average molecular weight is 374 g/mol. The highest BCUT2D eigenvalue weighted by atomic mass is 16.4. The molecule has 1 aliphatic rings. The number of hydrogen-bond donors (Lipinski definition) is 2. The van der Waals surface area contributed by atoms with E-state index in [4.69, 9.17) is 0 Å². The number of aromatic carboxylic acids is 1. The molecule has 28 heavy (non-hydrogen) atoms. The van der Waals surface area contributed by atoms with Crippen LogP contribution in [0.3, 0.4) is 0 Å². The second kappa shape index (κ2) is 8.05. The zero-order chi connectivity index (χ0) is 19.5. The molecule has 4 rings (SSSR count). The van der Waals surface area contributed by atoms with Crippen LogP contribution < -0.4 is 0 Å². The third-order valence-corrected chi connectivity index (χ3v) is 5.99. The van der Waals surface area contributed by atoms with E-state index in [0.29, 0.717) is 17.2 Å². The molecule has 1 saturated carbocycles. The summed E-state index contributed by atoms with van der Waals surface area (Å²) in [4.78, 5) is 11.2. The van der Waals surface area contributed by atoms with E-state index in [2.05, 4.69) is 12.1 Å². The summed E-state index contributed by atoms with van der Waals surface area (Å²) in [5, 5.41) is 21.6. The van der Waals surface area contributed by atoms with Crippen LogP contribution in [0.15, 0.2) is 54.6 Å². The zero-order valence-electron chi connectivity index (χ0n) is 16.0. The third kappa shape index (κ3) is 3.89. The summed E-state index contributed by atoms with van der Waals surface area (Å²) in [5.41, 5.74) is 3.55. The van der Waals surface area contributed by atoms with Crippen LogP contribution in [0.4, 0.5) is 0 Å². The van der Waals surface area contributed by atoms with E-state index in [-0.39, 0.29) is 0 Å². The number of aromatic hydroxyl groups is 1. The fourth-order valence-electron chi connectivity index (χ4n) is 4.39. The first-order valence-electron chi connectivity index (χ1n) is 10.2. The lowest BCUT2D eigenvalue weighted by Crippen LogP contribution is -2.03. The fourth-order valence-corrected chi connectivity index (χ4v) is 4.39. The summed E-state index contributed by atoms with van der Waals surface area (Å²) in [7, 11) is 0. The number of carbonyl (C=O) groups is 1. The molecule has 0 aromatic heterocycles. The van der Waals surface area contributed by atoms with Gasteiger partial charge in [0.2, 0.25) is 0 Å². The van der Waals surface area contributed by atoms with Gasteiger partial charge in [-0.25, -0.2) is 4.79 Å². The van der Waals surface area contributed by atoms with Crippen LogP contribution in [0, 0.1) is 0 Å². The van der Waals surface area contributed by atoms with Gasteiger partial charge in [0.05, 0.1) is 5.56 Å². The minimum absolute atomic E-state index is 0.302. The lowest BCUT2D eigenvalue weighted by Gasteiger charge is -2.21. The molecule has 0 bridgehead atoms. The Morgan fingerprint density at radius 2 is 1.36 bits per heavy atom.